The van der Waals surface area contributed by atoms with Crippen molar-refractivity contribution in [3.05, 3.63) is 75.0 Å². The number of carboxylic acids is 1. The number of anilines is 1. The van der Waals surface area contributed by atoms with Crippen LogP contribution in [0.25, 0.3) is 0 Å². The Morgan fingerprint density at radius 1 is 1.07 bits per heavy atom. The van der Waals surface area contributed by atoms with Crippen molar-refractivity contribution in [3.63, 3.8) is 0 Å². The number of carbonyl (C=O) groups excluding carboxylic acids is 5. The van der Waals surface area contributed by atoms with Crippen molar-refractivity contribution in [2.24, 2.45) is 22.7 Å². The van der Waals surface area contributed by atoms with Crippen molar-refractivity contribution in [2.75, 3.05) is 23.8 Å². The molecule has 328 valence electrons. The monoisotopic (exact) mass is 929 g/mol. The van der Waals surface area contributed by atoms with Gasteiger partial charge in [0.05, 0.1) is 35.6 Å². The number of halogens is 2. The number of hydrogen-bond donors (Lipinski definition) is 7. The minimum atomic E-state index is -2.12. The van der Waals surface area contributed by atoms with Crippen LogP contribution in [-0.4, -0.2) is 104 Å². The fraction of sp³-hybridized carbons (Fsp3) is 0.535. The van der Waals surface area contributed by atoms with Crippen LogP contribution < -0.4 is 16.0 Å². The number of thiophene rings is 1. The molecule has 5 aliphatic rings. The highest BCUT2D eigenvalue weighted by molar-refractivity contribution is 9.09. The van der Waals surface area contributed by atoms with Crippen LogP contribution in [0.4, 0.5) is 10.1 Å². The lowest BCUT2D eigenvalue weighted by atomic mass is 9.44. The molecule has 0 bridgehead atoms. The molecule has 1 aromatic carbocycles. The molecule has 0 radical (unpaired) electrons. The van der Waals surface area contributed by atoms with Gasteiger partial charge in [0.1, 0.15) is 12.6 Å². The summed E-state index contributed by atoms with van der Waals surface area (Å²) in [6, 6.07) is 7.37. The number of fused-ring (bicyclic) bond motifs is 7. The van der Waals surface area contributed by atoms with Crippen molar-refractivity contribution >= 4 is 68.2 Å². The maximum absolute atomic E-state index is 17.8. The number of benzene rings is 1. The fourth-order valence-electron chi connectivity index (χ4n) is 10.8. The Kier molecular flexibility index (Phi) is 12.6. The predicted molar refractivity (Wildman–Crippen MR) is 221 cm³/mol. The Balaban J connectivity index is 1.08. The number of carboxylic acid groups (broad SMARTS) is 1. The van der Waals surface area contributed by atoms with Gasteiger partial charge in [-0.15, -0.1) is 11.3 Å². The number of allylic oxidation sites excluding steroid dienone is 4. The van der Waals surface area contributed by atoms with Crippen LogP contribution in [0, 0.1) is 22.7 Å². The van der Waals surface area contributed by atoms with E-state index in [-0.39, 0.29) is 42.7 Å². The average Bonchev–Trinajstić information content (AvgIpc) is 3.91. The summed E-state index contributed by atoms with van der Waals surface area (Å²) in [5.74, 6) is -4.98. The molecule has 4 fully saturated rings. The highest BCUT2D eigenvalue weighted by Crippen LogP contribution is 2.72. The number of Topliss-reactive ketones (excluding diaryl/α,β-unsaturated/α-hetero) is 1. The number of ketones is 2. The topological polar surface area (TPSA) is 238 Å². The smallest absolute Gasteiger partial charge is 0.303 e. The lowest BCUT2D eigenvalue weighted by Gasteiger charge is -2.62. The number of carbonyl (C=O) groups is 6. The summed E-state index contributed by atoms with van der Waals surface area (Å²) in [7, 11) is 0. The third kappa shape index (κ3) is 7.82. The van der Waals surface area contributed by atoms with E-state index < -0.39 is 108 Å². The van der Waals surface area contributed by atoms with Gasteiger partial charge < -0.3 is 45.9 Å². The number of aliphatic hydroxyl groups excluding tert-OH is 3. The SMILES string of the molecule is C[C@]12C=CC(=O)C=C1CC[C@H]1[C@@H]3C[C@H]4O[C@@H](c5ccc(Cc6cc(CO)cc(NC(=O)[C@H](CCC(=O)O)NC(=O)CNC(=O)CBr)c6)s5)O[C@@]4(C(=O)CO)[C@@]3(C)C[C@H](O)[C@@]12F. The summed E-state index contributed by atoms with van der Waals surface area (Å²) in [4.78, 5) is 76.4. The van der Waals surface area contributed by atoms with Gasteiger partial charge in [-0.1, -0.05) is 40.6 Å². The molecule has 10 atom stereocenters. The van der Waals surface area contributed by atoms with E-state index in [0.717, 1.165) is 4.88 Å². The van der Waals surface area contributed by atoms with Gasteiger partial charge in [0.15, 0.2) is 29.1 Å². The van der Waals surface area contributed by atoms with Crippen LogP contribution in [-0.2, 0) is 51.3 Å². The maximum Gasteiger partial charge on any atom is 0.303 e. The Morgan fingerprint density at radius 3 is 2.52 bits per heavy atom. The zero-order valence-electron chi connectivity index (χ0n) is 33.6. The summed E-state index contributed by atoms with van der Waals surface area (Å²) < 4.78 is 31.0. The first-order valence-electron chi connectivity index (χ1n) is 20.2. The van der Waals surface area contributed by atoms with Gasteiger partial charge in [-0.2, -0.15) is 0 Å². The van der Waals surface area contributed by atoms with Crippen molar-refractivity contribution in [1.29, 1.82) is 0 Å². The molecule has 15 nitrogen and oxygen atoms in total. The standard InChI is InChI=1S/C43H49BrFN3O12S/c1-40-10-9-26(51)15-24(40)3-5-28-29-16-34-43(33(53)21-50,41(29,2)17-32(52)42(28,40)45)60-39(59-34)31-7-4-27(61-31)14-22-11-23(20-49)13-25(12-22)47-38(58)30(6-8-37(56)57)48-36(55)19-46-35(54)18-44/h4,7,9-13,15,28-30,32,34,39,49-50,52H,3,5-6,8,14,16-21H2,1-2H3,(H,46,54)(H,47,58)(H,48,55)(H,56,57)/t28-,29-,30-,32-,34+,39+,40-,41-,42-,43+/m0/s1. The molecule has 1 aromatic heterocycles. The maximum atomic E-state index is 17.8. The first kappa shape index (κ1) is 44.9. The highest BCUT2D eigenvalue weighted by atomic mass is 79.9. The van der Waals surface area contributed by atoms with E-state index in [1.165, 1.54) is 23.5 Å². The number of aliphatic hydroxyl groups is 3. The van der Waals surface area contributed by atoms with Crippen LogP contribution in [0.2, 0.25) is 0 Å². The van der Waals surface area contributed by atoms with Crippen molar-refractivity contribution in [2.45, 2.75) is 101 Å². The second-order valence-corrected chi connectivity index (χ2v) is 18.8. The summed E-state index contributed by atoms with van der Waals surface area (Å²) in [6.45, 7) is 1.92. The summed E-state index contributed by atoms with van der Waals surface area (Å²) in [5.41, 5.74) is -4.04. The van der Waals surface area contributed by atoms with E-state index in [2.05, 4.69) is 31.9 Å². The van der Waals surface area contributed by atoms with Crippen LogP contribution in [0.1, 0.15) is 79.5 Å². The second-order valence-electron chi connectivity index (χ2n) is 17.0. The van der Waals surface area contributed by atoms with Gasteiger partial charge >= 0.3 is 5.97 Å². The molecule has 4 aliphatic carbocycles. The molecule has 2 heterocycles. The number of alkyl halides is 2. The summed E-state index contributed by atoms with van der Waals surface area (Å²) >= 11 is 4.32. The fourth-order valence-corrected chi connectivity index (χ4v) is 12.0. The normalized spacial score (nSPS) is 32.7. The van der Waals surface area contributed by atoms with Gasteiger partial charge in [0, 0.05) is 40.2 Å². The van der Waals surface area contributed by atoms with Gasteiger partial charge in [-0.3, -0.25) is 28.8 Å². The van der Waals surface area contributed by atoms with E-state index >= 15 is 4.39 Å². The van der Waals surface area contributed by atoms with Gasteiger partial charge in [0.25, 0.3) is 0 Å². The van der Waals surface area contributed by atoms with E-state index in [0.29, 0.717) is 40.8 Å². The number of nitrogens with one attached hydrogen (secondary N) is 3. The molecular formula is C43H49BrFN3O12S. The number of hydrogen-bond acceptors (Lipinski definition) is 12. The Bertz CT molecular complexity index is 2200. The highest BCUT2D eigenvalue weighted by Gasteiger charge is 2.79. The van der Waals surface area contributed by atoms with Crippen LogP contribution in [0.5, 0.6) is 0 Å². The molecule has 0 unspecified atom stereocenters. The van der Waals surface area contributed by atoms with E-state index in [4.69, 9.17) is 9.47 Å². The van der Waals surface area contributed by atoms with Crippen LogP contribution >= 0.6 is 27.3 Å². The molecule has 2 aromatic rings. The molecule has 61 heavy (non-hydrogen) atoms. The molecule has 7 rings (SSSR count). The quantitative estimate of drug-likeness (QED) is 0.128. The van der Waals surface area contributed by atoms with Crippen LogP contribution in [0.15, 0.2) is 54.1 Å². The number of rotatable bonds is 15. The summed E-state index contributed by atoms with van der Waals surface area (Å²) in [6.07, 6.45) is 1.64. The first-order valence-corrected chi connectivity index (χ1v) is 22.1. The molecular weight excluding hydrogens is 881 g/mol. The molecule has 0 spiro atoms. The molecule has 3 amide bonds. The third-order valence-electron chi connectivity index (χ3n) is 13.6. The second kappa shape index (κ2) is 17.2. The van der Waals surface area contributed by atoms with Crippen molar-refractivity contribution in [3.8, 4) is 0 Å². The molecule has 1 aliphatic heterocycles. The van der Waals surface area contributed by atoms with Crippen molar-refractivity contribution in [1.82, 2.24) is 10.6 Å². The summed E-state index contributed by atoms with van der Waals surface area (Å²) in [5, 5.41) is 49.0. The first-order chi connectivity index (χ1) is 28.9. The lowest BCUT2D eigenvalue weighted by molar-refractivity contribution is -0.231. The predicted octanol–water partition coefficient (Wildman–Crippen LogP) is 3.33. The Hall–Kier alpha value is -4.17. The minimum Gasteiger partial charge on any atom is -0.481 e. The number of aliphatic carboxylic acids is 1. The van der Waals surface area contributed by atoms with Gasteiger partial charge in [0.2, 0.25) is 17.7 Å². The molecule has 1 saturated heterocycles. The van der Waals surface area contributed by atoms with E-state index in [1.54, 1.807) is 37.3 Å². The lowest BCUT2D eigenvalue weighted by Crippen LogP contribution is -2.69. The molecule has 18 heteroatoms. The zero-order chi connectivity index (χ0) is 44.1. The average molecular weight is 931 g/mol. The number of ether oxygens (including phenoxy) is 2. The number of amides is 3. The van der Waals surface area contributed by atoms with Crippen molar-refractivity contribution < 1.29 is 63.1 Å². The Labute approximate surface area is 363 Å². The largest absolute Gasteiger partial charge is 0.481 e. The van der Waals surface area contributed by atoms with E-state index in [1.807, 2.05) is 13.0 Å². The third-order valence-corrected chi connectivity index (χ3v) is 15.2. The zero-order valence-corrected chi connectivity index (χ0v) is 36.0. The minimum absolute atomic E-state index is 0.0344. The molecule has 7 N–H and O–H groups in total. The molecule has 3 saturated carbocycles. The van der Waals surface area contributed by atoms with Gasteiger partial charge in [-0.05, 0) is 92.5 Å². The Morgan fingerprint density at radius 2 is 1.82 bits per heavy atom. The van der Waals surface area contributed by atoms with E-state index in [9.17, 15) is 49.2 Å². The van der Waals surface area contributed by atoms with Gasteiger partial charge in [-0.25, -0.2) is 4.39 Å². The van der Waals surface area contributed by atoms with Crippen LogP contribution in [0.3, 0.4) is 0 Å².